The first-order chi connectivity index (χ1) is 6.59. The molecule has 4 heteroatoms. The van der Waals surface area contributed by atoms with Gasteiger partial charge in [-0.2, -0.15) is 0 Å². The third-order valence-corrected chi connectivity index (χ3v) is 2.02. The van der Waals surface area contributed by atoms with Gasteiger partial charge in [-0.25, -0.2) is 0 Å². The molecule has 1 heterocycles. The lowest BCUT2D eigenvalue weighted by molar-refractivity contribution is 0.426. The minimum atomic E-state index is -0.483. The second kappa shape index (κ2) is 2.77. The summed E-state index contributed by atoms with van der Waals surface area (Å²) in [5, 5.41) is 18.7. The molecule has 0 aliphatic heterocycles. The Morgan fingerprint density at radius 2 is 2.00 bits per heavy atom. The molecule has 0 amide bonds. The largest absolute Gasteiger partial charge is 0.508 e. The van der Waals surface area contributed by atoms with E-state index in [4.69, 9.17) is 9.52 Å². The first kappa shape index (κ1) is 8.62. The number of fused-ring (bicyclic) bond motifs is 1. The summed E-state index contributed by atoms with van der Waals surface area (Å²) in [6, 6.07) is 4.12. The monoisotopic (exact) mass is 192 g/mol. The number of hydrogen-bond donors (Lipinski definition) is 2. The van der Waals surface area contributed by atoms with E-state index < -0.39 is 5.43 Å². The van der Waals surface area contributed by atoms with Gasteiger partial charge >= 0.3 is 0 Å². The molecule has 0 bridgehead atoms. The van der Waals surface area contributed by atoms with E-state index in [-0.39, 0.29) is 28.2 Å². The Hall–Kier alpha value is -1.97. The number of phenols is 1. The van der Waals surface area contributed by atoms with Gasteiger partial charge < -0.3 is 14.6 Å². The van der Waals surface area contributed by atoms with Crippen molar-refractivity contribution in [2.24, 2.45) is 0 Å². The van der Waals surface area contributed by atoms with Gasteiger partial charge in [0.2, 0.25) is 11.2 Å². The van der Waals surface area contributed by atoms with Crippen molar-refractivity contribution in [2.75, 3.05) is 0 Å². The van der Waals surface area contributed by atoms with Crippen molar-refractivity contribution in [3.63, 3.8) is 0 Å². The maximum Gasteiger partial charge on any atom is 0.234 e. The second-order valence-corrected chi connectivity index (χ2v) is 3.02. The van der Waals surface area contributed by atoms with Gasteiger partial charge in [0.25, 0.3) is 0 Å². The zero-order valence-corrected chi connectivity index (χ0v) is 7.44. The molecule has 0 spiro atoms. The lowest BCUT2D eigenvalue weighted by Gasteiger charge is -2.01. The lowest BCUT2D eigenvalue weighted by atomic mass is 10.2. The molecule has 1 aromatic heterocycles. The highest BCUT2D eigenvalue weighted by atomic mass is 16.4. The van der Waals surface area contributed by atoms with Gasteiger partial charge in [-0.05, 0) is 19.1 Å². The van der Waals surface area contributed by atoms with Crippen LogP contribution < -0.4 is 5.43 Å². The Labute approximate surface area is 79.0 Å². The van der Waals surface area contributed by atoms with Crippen molar-refractivity contribution in [2.45, 2.75) is 6.92 Å². The van der Waals surface area contributed by atoms with E-state index in [1.54, 1.807) is 0 Å². The second-order valence-electron chi connectivity index (χ2n) is 3.02. The average molecular weight is 192 g/mol. The molecular formula is C10H8O4. The minimum absolute atomic E-state index is 0.0192. The van der Waals surface area contributed by atoms with Crippen LogP contribution in [0.4, 0.5) is 0 Å². The van der Waals surface area contributed by atoms with Gasteiger partial charge in [-0.3, -0.25) is 4.79 Å². The summed E-state index contributed by atoms with van der Waals surface area (Å²) >= 11 is 0. The predicted molar refractivity (Wildman–Crippen MR) is 50.6 cm³/mol. The summed E-state index contributed by atoms with van der Waals surface area (Å²) in [5.74, 6) is -0.220. The Balaban J connectivity index is 2.98. The van der Waals surface area contributed by atoms with E-state index >= 15 is 0 Å². The van der Waals surface area contributed by atoms with Crippen molar-refractivity contribution >= 4 is 11.0 Å². The standard InChI is InChI=1S/C10H8O4/c1-5-9(12)10(13)7-3-2-6(11)4-8(7)14-5/h2-4,11-12H,1H3. The highest BCUT2D eigenvalue weighted by Gasteiger charge is 2.09. The molecule has 0 unspecified atom stereocenters. The zero-order chi connectivity index (χ0) is 10.3. The molecule has 2 rings (SSSR count). The van der Waals surface area contributed by atoms with E-state index in [2.05, 4.69) is 0 Å². The molecule has 72 valence electrons. The molecule has 0 saturated carbocycles. The molecule has 0 aliphatic rings. The number of hydrogen-bond acceptors (Lipinski definition) is 4. The summed E-state index contributed by atoms with van der Waals surface area (Å²) in [7, 11) is 0. The summed E-state index contributed by atoms with van der Waals surface area (Å²) in [4.78, 5) is 11.5. The van der Waals surface area contributed by atoms with Gasteiger partial charge in [0.05, 0.1) is 5.39 Å². The summed E-state index contributed by atoms with van der Waals surface area (Å²) in [5.41, 5.74) is -0.214. The minimum Gasteiger partial charge on any atom is -0.508 e. The SMILES string of the molecule is Cc1oc2cc(O)ccc2c(=O)c1O. The molecule has 4 nitrogen and oxygen atoms in total. The Morgan fingerprint density at radius 3 is 2.71 bits per heavy atom. The Morgan fingerprint density at radius 1 is 1.29 bits per heavy atom. The van der Waals surface area contributed by atoms with Crippen molar-refractivity contribution in [1.82, 2.24) is 0 Å². The predicted octanol–water partition coefficient (Wildman–Crippen LogP) is 1.51. The fraction of sp³-hybridized carbons (Fsp3) is 0.100. The summed E-state index contributed by atoms with van der Waals surface area (Å²) < 4.78 is 5.14. The van der Waals surface area contributed by atoms with Crippen LogP contribution in [0.15, 0.2) is 27.4 Å². The highest BCUT2D eigenvalue weighted by Crippen LogP contribution is 2.22. The maximum atomic E-state index is 11.5. The van der Waals surface area contributed by atoms with E-state index in [0.29, 0.717) is 0 Å². The average Bonchev–Trinajstić information content (AvgIpc) is 2.14. The third kappa shape index (κ3) is 1.12. The fourth-order valence-corrected chi connectivity index (χ4v) is 1.28. The summed E-state index contributed by atoms with van der Waals surface area (Å²) in [6.07, 6.45) is 0. The van der Waals surface area contributed by atoms with Crippen LogP contribution in [0.25, 0.3) is 11.0 Å². The van der Waals surface area contributed by atoms with Gasteiger partial charge in [0, 0.05) is 6.07 Å². The van der Waals surface area contributed by atoms with E-state index in [1.165, 1.54) is 25.1 Å². The van der Waals surface area contributed by atoms with Crippen LogP contribution in [0, 0.1) is 6.92 Å². The molecular weight excluding hydrogens is 184 g/mol. The van der Waals surface area contributed by atoms with E-state index in [9.17, 15) is 9.90 Å². The van der Waals surface area contributed by atoms with Crippen LogP contribution in [0.1, 0.15) is 5.76 Å². The molecule has 1 aromatic carbocycles. The molecule has 0 atom stereocenters. The molecule has 2 aromatic rings. The number of aromatic hydroxyl groups is 2. The lowest BCUT2D eigenvalue weighted by Crippen LogP contribution is -2.01. The molecule has 0 aliphatic carbocycles. The molecule has 0 fully saturated rings. The van der Waals surface area contributed by atoms with Crippen LogP contribution in [0.2, 0.25) is 0 Å². The quantitative estimate of drug-likeness (QED) is 0.663. The summed E-state index contributed by atoms with van der Waals surface area (Å²) in [6.45, 7) is 1.49. The van der Waals surface area contributed by atoms with Gasteiger partial charge in [0.15, 0.2) is 0 Å². The van der Waals surface area contributed by atoms with E-state index in [1.807, 2.05) is 0 Å². The first-order valence-electron chi connectivity index (χ1n) is 4.05. The van der Waals surface area contributed by atoms with Crippen LogP contribution >= 0.6 is 0 Å². The van der Waals surface area contributed by atoms with Gasteiger partial charge in [-0.1, -0.05) is 0 Å². The van der Waals surface area contributed by atoms with Crippen LogP contribution in [0.3, 0.4) is 0 Å². The van der Waals surface area contributed by atoms with Crippen molar-refractivity contribution < 1.29 is 14.6 Å². The third-order valence-electron chi connectivity index (χ3n) is 2.02. The Kier molecular flexibility index (Phi) is 1.70. The smallest absolute Gasteiger partial charge is 0.234 e. The van der Waals surface area contributed by atoms with Crippen molar-refractivity contribution in [3.05, 3.63) is 34.2 Å². The van der Waals surface area contributed by atoms with Crippen LogP contribution in [-0.2, 0) is 0 Å². The number of rotatable bonds is 0. The van der Waals surface area contributed by atoms with Crippen LogP contribution in [-0.4, -0.2) is 10.2 Å². The molecule has 2 N–H and O–H groups in total. The topological polar surface area (TPSA) is 70.7 Å². The van der Waals surface area contributed by atoms with Crippen LogP contribution in [0.5, 0.6) is 11.5 Å². The fourth-order valence-electron chi connectivity index (χ4n) is 1.28. The zero-order valence-electron chi connectivity index (χ0n) is 7.44. The van der Waals surface area contributed by atoms with Gasteiger partial charge in [0.1, 0.15) is 17.1 Å². The number of phenolic OH excluding ortho intramolecular Hbond substituents is 1. The van der Waals surface area contributed by atoms with Crippen molar-refractivity contribution in [3.8, 4) is 11.5 Å². The normalized spacial score (nSPS) is 10.6. The molecule has 0 radical (unpaired) electrons. The molecule has 14 heavy (non-hydrogen) atoms. The highest BCUT2D eigenvalue weighted by molar-refractivity contribution is 5.79. The maximum absolute atomic E-state index is 11.5. The van der Waals surface area contributed by atoms with Crippen molar-refractivity contribution in [1.29, 1.82) is 0 Å². The number of aryl methyl sites for hydroxylation is 1. The van der Waals surface area contributed by atoms with E-state index in [0.717, 1.165) is 0 Å². The first-order valence-corrected chi connectivity index (χ1v) is 4.05. The Bertz CT molecular complexity index is 554. The molecule has 0 saturated heterocycles. The number of benzene rings is 1. The van der Waals surface area contributed by atoms with Gasteiger partial charge in [-0.15, -0.1) is 0 Å².